The Morgan fingerprint density at radius 1 is 1.21 bits per heavy atom. The first-order valence-corrected chi connectivity index (χ1v) is 6.96. The minimum Gasteiger partial charge on any atom is -0.330 e. The number of nitrogens with zero attached hydrogens (tertiary/aromatic N) is 2. The number of pyridine rings is 1. The van der Waals surface area contributed by atoms with Crippen molar-refractivity contribution in [3.8, 4) is 0 Å². The zero-order valence-electron chi connectivity index (χ0n) is 12.1. The van der Waals surface area contributed by atoms with Gasteiger partial charge in [-0.2, -0.15) is 18.3 Å². The van der Waals surface area contributed by atoms with E-state index in [1.807, 2.05) is 5.10 Å². The summed E-state index contributed by atoms with van der Waals surface area (Å²) in [4.78, 5) is 0. The van der Waals surface area contributed by atoms with E-state index in [1.165, 1.54) is 22.9 Å². The average molecular weight is 335 g/mol. The number of hydrogen-bond acceptors (Lipinski definition) is 5. The van der Waals surface area contributed by atoms with Crippen LogP contribution in [0.15, 0.2) is 36.4 Å². The zero-order chi connectivity index (χ0) is 17.1. The van der Waals surface area contributed by atoms with Crippen LogP contribution < -0.4 is 22.0 Å². The zero-order valence-corrected chi connectivity index (χ0v) is 12.1. The summed E-state index contributed by atoms with van der Waals surface area (Å²) in [5, 5.41) is 16.6. The van der Waals surface area contributed by atoms with Gasteiger partial charge in [-0.1, -0.05) is 18.2 Å². The predicted octanol–water partition coefficient (Wildman–Crippen LogP) is 1.60. The Morgan fingerprint density at radius 2 is 2.00 bits per heavy atom. The maximum Gasteiger partial charge on any atom is 0.433 e. The van der Waals surface area contributed by atoms with Crippen LogP contribution in [-0.2, 0) is 12.0 Å². The lowest BCUT2D eigenvalue weighted by molar-refractivity contribution is -0.139. The van der Waals surface area contributed by atoms with Crippen LogP contribution in [0, 0.1) is 5.41 Å². The topological polar surface area (TPSA) is 108 Å². The Labute approximate surface area is 132 Å². The molecule has 0 spiro atoms. The summed E-state index contributed by atoms with van der Waals surface area (Å²) in [6.45, 7) is 0. The highest BCUT2D eigenvalue weighted by molar-refractivity contribution is 5.83. The maximum atomic E-state index is 12.9. The van der Waals surface area contributed by atoms with Crippen LogP contribution in [0.3, 0.4) is 0 Å². The monoisotopic (exact) mass is 335 g/mol. The third-order valence-electron chi connectivity index (χ3n) is 3.90. The number of aromatic nitrogens is 3. The third kappa shape index (κ3) is 2.03. The quantitative estimate of drug-likeness (QED) is 0.465. The molecule has 124 valence electrons. The van der Waals surface area contributed by atoms with Crippen molar-refractivity contribution in [3.63, 3.8) is 0 Å². The van der Waals surface area contributed by atoms with Gasteiger partial charge in [0.2, 0.25) is 5.79 Å². The van der Waals surface area contributed by atoms with Gasteiger partial charge in [0.1, 0.15) is 17.0 Å². The molecule has 1 aliphatic heterocycles. The van der Waals surface area contributed by atoms with Crippen molar-refractivity contribution in [1.29, 1.82) is 5.41 Å². The lowest BCUT2D eigenvalue weighted by Gasteiger charge is -2.25. The fraction of sp³-hybridized carbons (Fsp3) is 0.143. The molecule has 1 aliphatic rings. The van der Waals surface area contributed by atoms with Gasteiger partial charge in [0.05, 0.1) is 5.52 Å². The normalized spacial score (nSPS) is 19.8. The largest absolute Gasteiger partial charge is 0.433 e. The first-order chi connectivity index (χ1) is 11.3. The van der Waals surface area contributed by atoms with E-state index in [9.17, 15) is 13.2 Å². The van der Waals surface area contributed by atoms with E-state index in [0.29, 0.717) is 11.4 Å². The highest BCUT2D eigenvalue weighted by Gasteiger charge is 2.37. The fourth-order valence-electron chi connectivity index (χ4n) is 2.74. The number of alkyl halides is 3. The van der Waals surface area contributed by atoms with E-state index in [-0.39, 0.29) is 16.4 Å². The molecule has 10 heteroatoms. The molecular formula is C14H12F3N7. The Balaban J connectivity index is 1.78. The number of nitrogens with one attached hydrogen (secondary N) is 4. The highest BCUT2D eigenvalue weighted by atomic mass is 19.4. The highest BCUT2D eigenvalue weighted by Crippen LogP contribution is 2.34. The van der Waals surface area contributed by atoms with Crippen molar-refractivity contribution in [3.05, 3.63) is 53.1 Å². The van der Waals surface area contributed by atoms with E-state index in [2.05, 4.69) is 15.8 Å². The summed E-state index contributed by atoms with van der Waals surface area (Å²) < 4.78 is 40.2. The second-order valence-electron chi connectivity index (χ2n) is 5.50. The minimum atomic E-state index is -4.51. The standard InChI is InChI=1S/C14H12F3N7/c15-13(16,17)12-8-5-4-7(6-9(8)21-22-12)14(19)20-11-3-1-2-10(18)24(11)23-14/h1-6,18,20,23H,19H2,(H,21,22). The van der Waals surface area contributed by atoms with Crippen LogP contribution in [0.2, 0.25) is 0 Å². The number of rotatable bonds is 1. The maximum absolute atomic E-state index is 12.9. The van der Waals surface area contributed by atoms with Gasteiger partial charge in [-0.05, 0) is 18.2 Å². The van der Waals surface area contributed by atoms with Crippen LogP contribution in [0.25, 0.3) is 10.9 Å². The van der Waals surface area contributed by atoms with E-state index >= 15 is 0 Å². The molecule has 3 aromatic rings. The van der Waals surface area contributed by atoms with Crippen molar-refractivity contribution >= 4 is 16.7 Å². The summed E-state index contributed by atoms with van der Waals surface area (Å²) in [6.07, 6.45) is -4.51. The number of anilines is 1. The average Bonchev–Trinajstić information content (AvgIpc) is 3.08. The number of halogens is 3. The van der Waals surface area contributed by atoms with Gasteiger partial charge in [-0.3, -0.25) is 21.7 Å². The molecule has 7 nitrogen and oxygen atoms in total. The molecule has 4 rings (SSSR count). The molecule has 2 aromatic heterocycles. The molecule has 0 saturated heterocycles. The van der Waals surface area contributed by atoms with Crippen molar-refractivity contribution in [2.75, 3.05) is 10.7 Å². The number of hydrogen-bond donors (Lipinski definition) is 5. The molecule has 0 aliphatic carbocycles. The van der Waals surface area contributed by atoms with Crippen molar-refractivity contribution in [1.82, 2.24) is 14.9 Å². The van der Waals surface area contributed by atoms with Crippen LogP contribution >= 0.6 is 0 Å². The van der Waals surface area contributed by atoms with E-state index in [4.69, 9.17) is 11.1 Å². The molecule has 0 fully saturated rings. The van der Waals surface area contributed by atoms with Gasteiger partial charge >= 0.3 is 6.18 Å². The molecule has 1 aromatic carbocycles. The van der Waals surface area contributed by atoms with Crippen molar-refractivity contribution < 1.29 is 13.2 Å². The van der Waals surface area contributed by atoms with Crippen LogP contribution in [0.1, 0.15) is 11.3 Å². The molecule has 3 heterocycles. The Kier molecular flexibility index (Phi) is 2.74. The smallest absolute Gasteiger partial charge is 0.330 e. The molecule has 0 radical (unpaired) electrons. The molecule has 0 amide bonds. The first kappa shape index (κ1) is 14.6. The van der Waals surface area contributed by atoms with Crippen LogP contribution in [0.4, 0.5) is 19.0 Å². The van der Waals surface area contributed by atoms with E-state index < -0.39 is 17.7 Å². The molecule has 0 bridgehead atoms. The summed E-state index contributed by atoms with van der Waals surface area (Å²) in [5.74, 6) is -0.696. The number of H-pyrrole nitrogens is 1. The summed E-state index contributed by atoms with van der Waals surface area (Å²) in [5.41, 5.74) is 9.16. The molecule has 1 atom stereocenters. The Hall–Kier alpha value is -3.01. The summed E-state index contributed by atoms with van der Waals surface area (Å²) >= 11 is 0. The second kappa shape index (κ2) is 4.51. The molecular weight excluding hydrogens is 323 g/mol. The van der Waals surface area contributed by atoms with Crippen LogP contribution in [0.5, 0.6) is 0 Å². The number of fused-ring (bicyclic) bond motifs is 2. The fourth-order valence-corrected chi connectivity index (χ4v) is 2.74. The van der Waals surface area contributed by atoms with Gasteiger partial charge in [0, 0.05) is 10.9 Å². The minimum absolute atomic E-state index is 0.0285. The third-order valence-corrected chi connectivity index (χ3v) is 3.90. The Morgan fingerprint density at radius 3 is 2.71 bits per heavy atom. The van der Waals surface area contributed by atoms with Gasteiger partial charge in [0.25, 0.3) is 0 Å². The molecule has 6 N–H and O–H groups in total. The van der Waals surface area contributed by atoms with Crippen molar-refractivity contribution in [2.45, 2.75) is 12.0 Å². The number of nitrogens with two attached hydrogens (primary N) is 1. The van der Waals surface area contributed by atoms with Gasteiger partial charge in [0.15, 0.2) is 0 Å². The number of benzene rings is 1. The summed E-state index contributed by atoms with van der Waals surface area (Å²) in [6, 6.07) is 9.29. The second-order valence-corrected chi connectivity index (χ2v) is 5.50. The SMILES string of the molecule is N=c1cccc2n1NC(N)(c1ccc3c(C(F)(F)F)[nH]nc3c1)N2. The van der Waals surface area contributed by atoms with Gasteiger partial charge in [-0.25, -0.2) is 4.68 Å². The van der Waals surface area contributed by atoms with Gasteiger partial charge in [-0.15, -0.1) is 0 Å². The Bertz CT molecular complexity index is 1000. The van der Waals surface area contributed by atoms with Gasteiger partial charge < -0.3 is 5.32 Å². The first-order valence-electron chi connectivity index (χ1n) is 6.96. The molecule has 24 heavy (non-hydrogen) atoms. The number of aromatic amines is 1. The van der Waals surface area contributed by atoms with Crippen molar-refractivity contribution in [2.24, 2.45) is 5.73 Å². The lowest BCUT2D eigenvalue weighted by atomic mass is 10.1. The predicted molar refractivity (Wildman–Crippen MR) is 80.2 cm³/mol. The van der Waals surface area contributed by atoms with E-state index in [0.717, 1.165) is 0 Å². The molecule has 0 saturated carbocycles. The molecule has 1 unspecified atom stereocenters. The van der Waals surface area contributed by atoms with Crippen LogP contribution in [-0.4, -0.2) is 14.9 Å². The summed E-state index contributed by atoms with van der Waals surface area (Å²) in [7, 11) is 0. The van der Waals surface area contributed by atoms with E-state index in [1.54, 1.807) is 18.2 Å². The lowest BCUT2D eigenvalue weighted by Crippen LogP contribution is -2.50.